The van der Waals surface area contributed by atoms with E-state index in [0.717, 1.165) is 16.2 Å². The van der Waals surface area contributed by atoms with Gasteiger partial charge >= 0.3 is 11.9 Å². The number of hydrogen-bond acceptors (Lipinski definition) is 6. The van der Waals surface area contributed by atoms with Crippen molar-refractivity contribution in [3.8, 4) is 0 Å². The van der Waals surface area contributed by atoms with Crippen LogP contribution in [0, 0.1) is 0 Å². The van der Waals surface area contributed by atoms with E-state index >= 15 is 0 Å². The number of ether oxygens (including phenoxy) is 1. The summed E-state index contributed by atoms with van der Waals surface area (Å²) < 4.78 is 10.1. The van der Waals surface area contributed by atoms with Gasteiger partial charge in [0, 0.05) is 11.4 Å². The lowest BCUT2D eigenvalue weighted by Crippen LogP contribution is -2.36. The number of carboxylic acids is 1. The van der Waals surface area contributed by atoms with Gasteiger partial charge < -0.3 is 14.3 Å². The molecule has 2 aromatic rings. The Bertz CT molecular complexity index is 807. The van der Waals surface area contributed by atoms with Crippen molar-refractivity contribution in [1.29, 1.82) is 0 Å². The third kappa shape index (κ3) is 7.95. The molecule has 0 fully saturated rings. The first-order valence-corrected chi connectivity index (χ1v) is 10.2. The molecule has 6 nitrogen and oxygen atoms in total. The number of carbonyl (C=O) groups excluding carboxylic acids is 1. The number of nitrogens with zero attached hydrogens (tertiary/aromatic N) is 1. The van der Waals surface area contributed by atoms with Gasteiger partial charge in [-0.1, -0.05) is 12.1 Å². The Kier molecular flexibility index (Phi) is 7.54. The number of furan rings is 1. The van der Waals surface area contributed by atoms with Crippen molar-refractivity contribution in [3.63, 3.8) is 0 Å². The topological polar surface area (TPSA) is 80.0 Å². The van der Waals surface area contributed by atoms with Crippen LogP contribution in [0.25, 0.3) is 0 Å². The lowest BCUT2D eigenvalue weighted by molar-refractivity contribution is -0.156. The standard InChI is InChI=1S/C22H29NO5S/c1-21(2,3)28-20(26)22(4,5)29-18-10-8-16(9-11-18)13-23(15-19(24)25)14-17-7-6-12-27-17/h6-12H,13-15H2,1-5H3,(H,24,25). The van der Waals surface area contributed by atoms with E-state index < -0.39 is 16.3 Å². The lowest BCUT2D eigenvalue weighted by Gasteiger charge is -2.28. The Balaban J connectivity index is 2.02. The van der Waals surface area contributed by atoms with Crippen LogP contribution in [0.1, 0.15) is 45.9 Å². The van der Waals surface area contributed by atoms with Crippen molar-refractivity contribution in [1.82, 2.24) is 4.90 Å². The summed E-state index contributed by atoms with van der Waals surface area (Å²) in [6, 6.07) is 11.4. The highest BCUT2D eigenvalue weighted by Gasteiger charge is 2.33. The van der Waals surface area contributed by atoms with E-state index in [9.17, 15) is 14.7 Å². The fraction of sp³-hybridized carbons (Fsp3) is 0.455. The van der Waals surface area contributed by atoms with Crippen molar-refractivity contribution < 1.29 is 23.8 Å². The summed E-state index contributed by atoms with van der Waals surface area (Å²) >= 11 is 1.44. The molecular weight excluding hydrogens is 390 g/mol. The van der Waals surface area contributed by atoms with Crippen molar-refractivity contribution in [2.45, 2.75) is 63.0 Å². The van der Waals surface area contributed by atoms with E-state index in [1.807, 2.05) is 65.0 Å². The summed E-state index contributed by atoms with van der Waals surface area (Å²) in [6.07, 6.45) is 1.58. The monoisotopic (exact) mass is 419 g/mol. The first kappa shape index (κ1) is 23.0. The number of benzene rings is 1. The van der Waals surface area contributed by atoms with Gasteiger partial charge in [-0.05, 0) is 64.4 Å². The maximum absolute atomic E-state index is 12.4. The molecule has 29 heavy (non-hydrogen) atoms. The predicted molar refractivity (Wildman–Crippen MR) is 113 cm³/mol. The Morgan fingerprint density at radius 3 is 2.24 bits per heavy atom. The molecule has 0 aliphatic carbocycles. The largest absolute Gasteiger partial charge is 0.480 e. The second-order valence-corrected chi connectivity index (χ2v) is 10.1. The second-order valence-electron chi connectivity index (χ2n) is 8.38. The normalized spacial score (nSPS) is 12.2. The summed E-state index contributed by atoms with van der Waals surface area (Å²) in [6.45, 7) is 10.1. The predicted octanol–water partition coefficient (Wildman–Crippen LogP) is 4.58. The van der Waals surface area contributed by atoms with Gasteiger partial charge in [0.15, 0.2) is 0 Å². The van der Waals surface area contributed by atoms with Crippen LogP contribution in [0.15, 0.2) is 52.0 Å². The first-order valence-electron chi connectivity index (χ1n) is 9.42. The molecule has 0 atom stereocenters. The molecule has 0 unspecified atom stereocenters. The average molecular weight is 420 g/mol. The van der Waals surface area contributed by atoms with Crippen LogP contribution in [0.2, 0.25) is 0 Å². The Morgan fingerprint density at radius 1 is 1.07 bits per heavy atom. The SMILES string of the molecule is CC(C)(C)OC(=O)C(C)(C)Sc1ccc(CN(CC(=O)O)Cc2ccco2)cc1. The molecule has 1 aromatic heterocycles. The molecule has 0 aliphatic heterocycles. The van der Waals surface area contributed by atoms with Crippen LogP contribution in [-0.2, 0) is 27.4 Å². The highest BCUT2D eigenvalue weighted by molar-refractivity contribution is 8.01. The molecule has 0 aliphatic rings. The van der Waals surface area contributed by atoms with Gasteiger partial charge in [-0.3, -0.25) is 14.5 Å². The number of carboxylic acid groups (broad SMARTS) is 1. The lowest BCUT2D eigenvalue weighted by atomic mass is 10.1. The number of esters is 1. The van der Waals surface area contributed by atoms with Crippen molar-refractivity contribution in [3.05, 3.63) is 54.0 Å². The fourth-order valence-corrected chi connectivity index (χ4v) is 3.63. The van der Waals surface area contributed by atoms with Crippen LogP contribution in [0.4, 0.5) is 0 Å². The quantitative estimate of drug-likeness (QED) is 0.471. The van der Waals surface area contributed by atoms with E-state index in [0.29, 0.717) is 13.1 Å². The molecule has 0 saturated carbocycles. The molecule has 0 bridgehead atoms. The van der Waals surface area contributed by atoms with E-state index in [2.05, 4.69) is 0 Å². The summed E-state index contributed by atoms with van der Waals surface area (Å²) in [5.41, 5.74) is 0.456. The zero-order valence-corrected chi connectivity index (χ0v) is 18.4. The van der Waals surface area contributed by atoms with E-state index in [1.165, 1.54) is 11.8 Å². The molecular formula is C22H29NO5S. The molecule has 0 saturated heterocycles. The minimum absolute atomic E-state index is 0.0805. The van der Waals surface area contributed by atoms with Crippen LogP contribution in [0.5, 0.6) is 0 Å². The number of thioether (sulfide) groups is 1. The summed E-state index contributed by atoms with van der Waals surface area (Å²) in [5.74, 6) is -0.425. The van der Waals surface area contributed by atoms with Gasteiger partial charge in [-0.15, -0.1) is 11.8 Å². The number of carbonyl (C=O) groups is 2. The third-order valence-electron chi connectivity index (χ3n) is 3.91. The van der Waals surface area contributed by atoms with Gasteiger partial charge in [0.1, 0.15) is 16.1 Å². The minimum Gasteiger partial charge on any atom is -0.480 e. The Labute approximate surface area is 176 Å². The van der Waals surface area contributed by atoms with Crippen molar-refractivity contribution >= 4 is 23.7 Å². The van der Waals surface area contributed by atoms with Gasteiger partial charge in [0.05, 0.1) is 19.4 Å². The number of aliphatic carboxylic acids is 1. The molecule has 1 aromatic carbocycles. The second kappa shape index (κ2) is 9.50. The zero-order valence-electron chi connectivity index (χ0n) is 17.6. The first-order chi connectivity index (χ1) is 13.4. The minimum atomic E-state index is -0.886. The van der Waals surface area contributed by atoms with Gasteiger partial charge in [0.2, 0.25) is 0 Å². The molecule has 1 N–H and O–H groups in total. The van der Waals surface area contributed by atoms with Crippen LogP contribution >= 0.6 is 11.8 Å². The van der Waals surface area contributed by atoms with E-state index in [-0.39, 0.29) is 12.5 Å². The maximum Gasteiger partial charge on any atom is 0.322 e. The third-order valence-corrected chi connectivity index (χ3v) is 5.10. The summed E-state index contributed by atoms with van der Waals surface area (Å²) in [7, 11) is 0. The van der Waals surface area contributed by atoms with Gasteiger partial charge in [0.25, 0.3) is 0 Å². The Morgan fingerprint density at radius 2 is 1.72 bits per heavy atom. The van der Waals surface area contributed by atoms with Crippen LogP contribution in [0.3, 0.4) is 0 Å². The van der Waals surface area contributed by atoms with E-state index in [4.69, 9.17) is 9.15 Å². The van der Waals surface area contributed by atoms with Crippen LogP contribution < -0.4 is 0 Å². The van der Waals surface area contributed by atoms with Gasteiger partial charge in [-0.2, -0.15) is 0 Å². The molecule has 0 spiro atoms. The highest BCUT2D eigenvalue weighted by atomic mass is 32.2. The van der Waals surface area contributed by atoms with Crippen molar-refractivity contribution in [2.24, 2.45) is 0 Å². The molecule has 158 valence electrons. The molecule has 2 rings (SSSR count). The Hall–Kier alpha value is -2.25. The smallest absolute Gasteiger partial charge is 0.322 e. The molecule has 7 heteroatoms. The highest BCUT2D eigenvalue weighted by Crippen LogP contribution is 2.34. The summed E-state index contributed by atoms with van der Waals surface area (Å²) in [4.78, 5) is 26.4. The maximum atomic E-state index is 12.4. The fourth-order valence-electron chi connectivity index (χ4n) is 2.64. The number of hydrogen-bond donors (Lipinski definition) is 1. The molecule has 0 radical (unpaired) electrons. The zero-order chi connectivity index (χ0) is 21.7. The van der Waals surface area contributed by atoms with Crippen LogP contribution in [-0.4, -0.2) is 38.8 Å². The number of rotatable bonds is 9. The van der Waals surface area contributed by atoms with Crippen molar-refractivity contribution in [2.75, 3.05) is 6.54 Å². The average Bonchev–Trinajstić information content (AvgIpc) is 3.07. The van der Waals surface area contributed by atoms with E-state index in [1.54, 1.807) is 17.2 Å². The van der Waals surface area contributed by atoms with Gasteiger partial charge in [-0.25, -0.2) is 0 Å². The molecule has 0 amide bonds. The summed E-state index contributed by atoms with van der Waals surface area (Å²) in [5, 5.41) is 9.18. The molecule has 1 heterocycles.